The smallest absolute Gasteiger partial charge is 0.237 e. The van der Waals surface area contributed by atoms with Gasteiger partial charge in [-0.3, -0.25) is 9.69 Å². The van der Waals surface area contributed by atoms with Crippen molar-refractivity contribution in [3.05, 3.63) is 29.8 Å². The van der Waals surface area contributed by atoms with E-state index in [0.29, 0.717) is 6.54 Å². The van der Waals surface area contributed by atoms with Crippen LogP contribution in [0.4, 0.5) is 5.69 Å². The lowest BCUT2D eigenvalue weighted by molar-refractivity contribution is -0.126. The number of carbonyl (C=O) groups is 1. The molecule has 0 spiro atoms. The van der Waals surface area contributed by atoms with Gasteiger partial charge < -0.3 is 15.0 Å². The highest BCUT2D eigenvalue weighted by Gasteiger charge is 2.26. The van der Waals surface area contributed by atoms with Gasteiger partial charge in [-0.2, -0.15) is 0 Å². The van der Waals surface area contributed by atoms with Crippen molar-refractivity contribution in [3.63, 3.8) is 0 Å². The van der Waals surface area contributed by atoms with E-state index in [1.54, 1.807) is 0 Å². The highest BCUT2D eigenvalue weighted by molar-refractivity contribution is 5.81. The predicted molar refractivity (Wildman–Crippen MR) is 96.4 cm³/mol. The number of hydrogen-bond donors (Lipinski definition) is 1. The van der Waals surface area contributed by atoms with Gasteiger partial charge in [0.2, 0.25) is 5.91 Å². The third-order valence-electron chi connectivity index (χ3n) is 5.23. The summed E-state index contributed by atoms with van der Waals surface area (Å²) >= 11 is 0. The topological polar surface area (TPSA) is 44.8 Å². The molecule has 2 aliphatic heterocycles. The van der Waals surface area contributed by atoms with E-state index in [0.717, 1.165) is 45.6 Å². The standard InChI is InChI=1S/C19H29N3O2/c1-15-6-3-4-8-18(15)22-11-9-21(10-12-22)16(2)19(23)20-14-17-7-5-13-24-17/h3-4,6,8,16-17H,5,7,9-14H2,1-2H3,(H,20,23)/t16-,17+/m1/s1. The fraction of sp³-hybridized carbons (Fsp3) is 0.632. The third-order valence-corrected chi connectivity index (χ3v) is 5.23. The summed E-state index contributed by atoms with van der Waals surface area (Å²) in [7, 11) is 0. The van der Waals surface area contributed by atoms with E-state index < -0.39 is 0 Å². The third kappa shape index (κ3) is 4.08. The molecule has 0 unspecified atom stereocenters. The quantitative estimate of drug-likeness (QED) is 0.894. The average Bonchev–Trinajstić information content (AvgIpc) is 3.13. The molecule has 1 aromatic carbocycles. The van der Waals surface area contributed by atoms with E-state index in [-0.39, 0.29) is 18.1 Å². The Morgan fingerprint density at radius 1 is 1.29 bits per heavy atom. The highest BCUT2D eigenvalue weighted by atomic mass is 16.5. The number of rotatable bonds is 5. The van der Waals surface area contributed by atoms with E-state index >= 15 is 0 Å². The molecular formula is C19H29N3O2. The molecule has 0 aliphatic carbocycles. The van der Waals surface area contributed by atoms with Crippen molar-refractivity contribution in [2.45, 2.75) is 38.8 Å². The number of anilines is 1. The van der Waals surface area contributed by atoms with Gasteiger partial charge in [0.1, 0.15) is 0 Å². The molecule has 2 atom stereocenters. The van der Waals surface area contributed by atoms with Gasteiger partial charge in [-0.05, 0) is 38.3 Å². The van der Waals surface area contributed by atoms with Crippen LogP contribution in [0.5, 0.6) is 0 Å². The minimum atomic E-state index is -0.0783. The first kappa shape index (κ1) is 17.2. The Morgan fingerprint density at radius 2 is 2.04 bits per heavy atom. The van der Waals surface area contributed by atoms with Crippen LogP contribution in [0.1, 0.15) is 25.3 Å². The molecule has 1 aromatic rings. The second kappa shape index (κ2) is 7.99. The number of piperazine rings is 1. The van der Waals surface area contributed by atoms with Crippen LogP contribution >= 0.6 is 0 Å². The summed E-state index contributed by atoms with van der Waals surface area (Å²) in [5, 5.41) is 3.05. The minimum absolute atomic E-state index is 0.0783. The number of benzene rings is 1. The molecule has 0 radical (unpaired) electrons. The number of hydrogen-bond acceptors (Lipinski definition) is 4. The number of ether oxygens (including phenoxy) is 1. The number of para-hydroxylation sites is 1. The first-order valence-corrected chi connectivity index (χ1v) is 9.09. The van der Waals surface area contributed by atoms with E-state index in [1.165, 1.54) is 11.3 Å². The zero-order valence-electron chi connectivity index (χ0n) is 14.8. The Balaban J connectivity index is 1.46. The van der Waals surface area contributed by atoms with Crippen molar-refractivity contribution in [3.8, 4) is 0 Å². The van der Waals surface area contributed by atoms with E-state index in [4.69, 9.17) is 4.74 Å². The lowest BCUT2D eigenvalue weighted by Gasteiger charge is -2.39. The molecule has 24 heavy (non-hydrogen) atoms. The van der Waals surface area contributed by atoms with Crippen LogP contribution < -0.4 is 10.2 Å². The monoisotopic (exact) mass is 331 g/mol. The maximum Gasteiger partial charge on any atom is 0.237 e. The van der Waals surface area contributed by atoms with Crippen LogP contribution in [0.25, 0.3) is 0 Å². The molecule has 3 rings (SSSR count). The van der Waals surface area contributed by atoms with Crippen LogP contribution in [0.2, 0.25) is 0 Å². The Morgan fingerprint density at radius 3 is 2.71 bits per heavy atom. The summed E-state index contributed by atoms with van der Waals surface area (Å²) in [5.74, 6) is 0.120. The fourth-order valence-corrected chi connectivity index (χ4v) is 3.60. The maximum absolute atomic E-state index is 12.4. The van der Waals surface area contributed by atoms with Crippen molar-refractivity contribution in [1.82, 2.24) is 10.2 Å². The van der Waals surface area contributed by atoms with Crippen LogP contribution in [-0.2, 0) is 9.53 Å². The lowest BCUT2D eigenvalue weighted by atomic mass is 10.1. The van der Waals surface area contributed by atoms with Crippen molar-refractivity contribution < 1.29 is 9.53 Å². The van der Waals surface area contributed by atoms with Gasteiger partial charge in [0.25, 0.3) is 0 Å². The van der Waals surface area contributed by atoms with Gasteiger partial charge in [-0.25, -0.2) is 0 Å². The molecular weight excluding hydrogens is 302 g/mol. The SMILES string of the molecule is Cc1ccccc1N1CCN([C@H](C)C(=O)NC[C@@H]2CCCO2)CC1. The zero-order valence-corrected chi connectivity index (χ0v) is 14.8. The summed E-state index contributed by atoms with van der Waals surface area (Å²) in [6.07, 6.45) is 2.37. The van der Waals surface area contributed by atoms with Gasteiger partial charge in [0.05, 0.1) is 12.1 Å². The normalized spacial score (nSPS) is 23.2. The van der Waals surface area contributed by atoms with Crippen LogP contribution in [0.3, 0.4) is 0 Å². The summed E-state index contributed by atoms with van der Waals surface area (Å²) in [5.41, 5.74) is 2.63. The number of aryl methyl sites for hydroxylation is 1. The van der Waals surface area contributed by atoms with Gasteiger partial charge in [-0.15, -0.1) is 0 Å². The average molecular weight is 331 g/mol. The molecule has 2 saturated heterocycles. The number of nitrogens with one attached hydrogen (secondary N) is 1. The van der Waals surface area contributed by atoms with Gasteiger partial charge >= 0.3 is 0 Å². The fourth-order valence-electron chi connectivity index (χ4n) is 3.60. The first-order chi connectivity index (χ1) is 11.6. The number of carbonyl (C=O) groups excluding carboxylic acids is 1. The second-order valence-corrected chi connectivity index (χ2v) is 6.87. The lowest BCUT2D eigenvalue weighted by Crippen LogP contribution is -2.54. The number of amides is 1. The summed E-state index contributed by atoms with van der Waals surface area (Å²) in [6.45, 7) is 9.41. The Bertz CT molecular complexity index is 549. The minimum Gasteiger partial charge on any atom is -0.376 e. The Hall–Kier alpha value is -1.59. The van der Waals surface area contributed by atoms with Crippen molar-refractivity contribution >= 4 is 11.6 Å². The van der Waals surface area contributed by atoms with Gasteiger partial charge in [-0.1, -0.05) is 18.2 Å². The Kier molecular flexibility index (Phi) is 5.74. The molecule has 0 saturated carbocycles. The van der Waals surface area contributed by atoms with Gasteiger partial charge in [0.15, 0.2) is 0 Å². The molecule has 2 aliphatic rings. The largest absolute Gasteiger partial charge is 0.376 e. The molecule has 2 fully saturated rings. The first-order valence-electron chi connectivity index (χ1n) is 9.09. The van der Waals surface area contributed by atoms with Crippen LogP contribution in [0.15, 0.2) is 24.3 Å². The summed E-state index contributed by atoms with van der Waals surface area (Å²) in [4.78, 5) is 17.1. The molecule has 5 heteroatoms. The van der Waals surface area contributed by atoms with Crippen LogP contribution in [0, 0.1) is 6.92 Å². The zero-order chi connectivity index (χ0) is 16.9. The molecule has 0 aromatic heterocycles. The summed E-state index contributed by atoms with van der Waals surface area (Å²) < 4.78 is 5.57. The molecule has 2 heterocycles. The van der Waals surface area contributed by atoms with Crippen molar-refractivity contribution in [2.24, 2.45) is 0 Å². The van der Waals surface area contributed by atoms with E-state index in [1.807, 2.05) is 6.92 Å². The van der Waals surface area contributed by atoms with Crippen LogP contribution in [-0.4, -0.2) is 62.3 Å². The van der Waals surface area contributed by atoms with Gasteiger partial charge in [0, 0.05) is 45.0 Å². The molecule has 1 amide bonds. The molecule has 1 N–H and O–H groups in total. The summed E-state index contributed by atoms with van der Waals surface area (Å²) in [6, 6.07) is 8.43. The molecule has 132 valence electrons. The van der Waals surface area contributed by atoms with E-state index in [2.05, 4.69) is 46.3 Å². The highest BCUT2D eigenvalue weighted by Crippen LogP contribution is 2.21. The molecule has 0 bridgehead atoms. The Labute approximate surface area is 145 Å². The maximum atomic E-state index is 12.4. The van der Waals surface area contributed by atoms with E-state index in [9.17, 15) is 4.79 Å². The predicted octanol–water partition coefficient (Wildman–Crippen LogP) is 1.80. The van der Waals surface area contributed by atoms with Crippen molar-refractivity contribution in [2.75, 3.05) is 44.2 Å². The number of nitrogens with zero attached hydrogens (tertiary/aromatic N) is 2. The molecule has 5 nitrogen and oxygen atoms in total. The second-order valence-electron chi connectivity index (χ2n) is 6.87. The van der Waals surface area contributed by atoms with Crippen molar-refractivity contribution in [1.29, 1.82) is 0 Å².